The molecular weight excluding hydrogens is 210 g/mol. The molecule has 0 atom stereocenters. The Morgan fingerprint density at radius 3 is 2.73 bits per heavy atom. The van der Waals surface area contributed by atoms with E-state index in [1.165, 1.54) is 0 Å². The summed E-state index contributed by atoms with van der Waals surface area (Å²) < 4.78 is 5.24. The van der Waals surface area contributed by atoms with Gasteiger partial charge >= 0.3 is 0 Å². The van der Waals surface area contributed by atoms with E-state index < -0.39 is 0 Å². The van der Waals surface area contributed by atoms with Gasteiger partial charge in [0.2, 0.25) is 5.88 Å². The van der Waals surface area contributed by atoms with Gasteiger partial charge in [-0.15, -0.1) is 0 Å². The summed E-state index contributed by atoms with van der Waals surface area (Å²) in [6.07, 6.45) is 1.14. The Hall–Kier alpha value is -0.810. The van der Waals surface area contributed by atoms with E-state index in [-0.39, 0.29) is 0 Å². The molecule has 5 heteroatoms. The van der Waals surface area contributed by atoms with Crippen molar-refractivity contribution in [1.82, 2.24) is 10.3 Å². The third kappa shape index (κ3) is 3.35. The van der Waals surface area contributed by atoms with E-state index in [1.54, 1.807) is 18.4 Å². The number of rotatable bonds is 6. The minimum Gasteiger partial charge on any atom is -0.480 e. The number of methoxy groups -OCH3 is 1. The van der Waals surface area contributed by atoms with Crippen LogP contribution in [-0.2, 0) is 6.54 Å². The average molecular weight is 229 g/mol. The number of nitrogens with one attached hydrogen (secondary N) is 1. The largest absolute Gasteiger partial charge is 0.480 e. The summed E-state index contributed by atoms with van der Waals surface area (Å²) in [5, 5.41) is 4.34. The van der Waals surface area contributed by atoms with Gasteiger partial charge in [0, 0.05) is 20.6 Å². The molecular formula is C10H19N3OS. The number of ether oxygens (including phenoxy) is 1. The van der Waals surface area contributed by atoms with E-state index in [0.717, 1.165) is 35.4 Å². The molecule has 1 aromatic rings. The number of nitrogens with zero attached hydrogens (tertiary/aromatic N) is 2. The van der Waals surface area contributed by atoms with Gasteiger partial charge in [0.25, 0.3) is 0 Å². The lowest BCUT2D eigenvalue weighted by Crippen LogP contribution is -2.13. The summed E-state index contributed by atoms with van der Waals surface area (Å²) in [6.45, 7) is 4.02. The van der Waals surface area contributed by atoms with Crippen molar-refractivity contribution < 1.29 is 4.74 Å². The van der Waals surface area contributed by atoms with Crippen molar-refractivity contribution in [3.05, 3.63) is 4.88 Å². The monoisotopic (exact) mass is 229 g/mol. The molecule has 0 saturated carbocycles. The number of hydrogen-bond donors (Lipinski definition) is 1. The molecule has 0 bridgehead atoms. The topological polar surface area (TPSA) is 37.4 Å². The first-order valence-corrected chi connectivity index (χ1v) is 5.92. The summed E-state index contributed by atoms with van der Waals surface area (Å²) >= 11 is 1.67. The minimum absolute atomic E-state index is 0.743. The van der Waals surface area contributed by atoms with Crippen LogP contribution >= 0.6 is 11.3 Å². The highest BCUT2D eigenvalue weighted by molar-refractivity contribution is 7.15. The fourth-order valence-electron chi connectivity index (χ4n) is 1.17. The predicted octanol–water partition coefficient (Wildman–Crippen LogP) is 1.72. The maximum atomic E-state index is 5.24. The Morgan fingerprint density at radius 1 is 1.47 bits per heavy atom. The quantitative estimate of drug-likeness (QED) is 0.754. The molecule has 1 N–H and O–H groups in total. The highest BCUT2D eigenvalue weighted by Crippen LogP contribution is 2.29. The van der Waals surface area contributed by atoms with E-state index in [1.807, 2.05) is 19.0 Å². The normalized spacial score (nSPS) is 10.4. The van der Waals surface area contributed by atoms with Crippen molar-refractivity contribution in [2.45, 2.75) is 19.9 Å². The van der Waals surface area contributed by atoms with Gasteiger partial charge in [0.05, 0.1) is 12.0 Å². The first-order chi connectivity index (χ1) is 7.19. The van der Waals surface area contributed by atoms with Gasteiger partial charge in [-0.25, -0.2) is 0 Å². The number of thiazole rings is 1. The Balaban J connectivity index is 2.67. The molecule has 0 fully saturated rings. The number of hydrogen-bond acceptors (Lipinski definition) is 5. The molecule has 0 aliphatic rings. The summed E-state index contributed by atoms with van der Waals surface area (Å²) in [6, 6.07) is 0. The van der Waals surface area contributed by atoms with Crippen molar-refractivity contribution >= 4 is 16.5 Å². The van der Waals surface area contributed by atoms with E-state index in [0.29, 0.717) is 0 Å². The van der Waals surface area contributed by atoms with Gasteiger partial charge < -0.3 is 15.0 Å². The van der Waals surface area contributed by atoms with Crippen LogP contribution in [0.15, 0.2) is 0 Å². The molecule has 0 unspecified atom stereocenters. The van der Waals surface area contributed by atoms with Crippen LogP contribution in [0.3, 0.4) is 0 Å². The molecule has 1 rings (SSSR count). The number of anilines is 1. The van der Waals surface area contributed by atoms with Gasteiger partial charge in [-0.1, -0.05) is 18.3 Å². The molecule has 15 heavy (non-hydrogen) atoms. The third-order valence-corrected chi connectivity index (χ3v) is 3.14. The van der Waals surface area contributed by atoms with Crippen LogP contribution in [0, 0.1) is 0 Å². The molecule has 0 spiro atoms. The molecule has 0 aromatic carbocycles. The fourth-order valence-corrected chi connectivity index (χ4v) is 2.09. The Bertz CT molecular complexity index is 299. The minimum atomic E-state index is 0.743. The van der Waals surface area contributed by atoms with Gasteiger partial charge in [0.15, 0.2) is 5.13 Å². The molecule has 86 valence electrons. The second kappa shape index (κ2) is 5.92. The molecule has 1 aromatic heterocycles. The predicted molar refractivity (Wildman–Crippen MR) is 65.0 cm³/mol. The maximum Gasteiger partial charge on any atom is 0.230 e. The summed E-state index contributed by atoms with van der Waals surface area (Å²) in [5.41, 5.74) is 0. The average Bonchev–Trinajstić information content (AvgIpc) is 2.62. The van der Waals surface area contributed by atoms with E-state index in [4.69, 9.17) is 4.74 Å². The second-order valence-corrected chi connectivity index (χ2v) is 4.56. The Morgan fingerprint density at radius 2 is 2.20 bits per heavy atom. The lowest BCUT2D eigenvalue weighted by molar-refractivity contribution is 0.395. The zero-order valence-corrected chi connectivity index (χ0v) is 10.6. The van der Waals surface area contributed by atoms with Crippen LogP contribution in [-0.4, -0.2) is 32.7 Å². The van der Waals surface area contributed by atoms with E-state index in [2.05, 4.69) is 17.2 Å². The second-order valence-electron chi connectivity index (χ2n) is 3.50. The van der Waals surface area contributed by atoms with Crippen molar-refractivity contribution in [3.8, 4) is 5.88 Å². The Kier molecular flexibility index (Phi) is 4.84. The van der Waals surface area contributed by atoms with Crippen molar-refractivity contribution in [1.29, 1.82) is 0 Å². The third-order valence-electron chi connectivity index (χ3n) is 1.94. The van der Waals surface area contributed by atoms with Crippen LogP contribution in [0.4, 0.5) is 5.13 Å². The van der Waals surface area contributed by atoms with Crippen molar-refractivity contribution in [2.75, 3.05) is 32.6 Å². The molecule has 4 nitrogen and oxygen atoms in total. The van der Waals surface area contributed by atoms with Crippen LogP contribution in [0.5, 0.6) is 5.88 Å². The first kappa shape index (κ1) is 12.3. The van der Waals surface area contributed by atoms with Crippen molar-refractivity contribution in [2.24, 2.45) is 0 Å². The molecule has 1 heterocycles. The Labute approximate surface area is 95.3 Å². The highest BCUT2D eigenvalue weighted by atomic mass is 32.1. The van der Waals surface area contributed by atoms with Gasteiger partial charge in [-0.2, -0.15) is 4.98 Å². The van der Waals surface area contributed by atoms with Gasteiger partial charge in [-0.05, 0) is 13.0 Å². The molecule has 0 aliphatic carbocycles. The number of aromatic nitrogens is 1. The maximum absolute atomic E-state index is 5.24. The zero-order valence-electron chi connectivity index (χ0n) is 9.83. The van der Waals surface area contributed by atoms with Crippen LogP contribution < -0.4 is 15.0 Å². The lowest BCUT2D eigenvalue weighted by Gasteiger charge is -2.04. The van der Waals surface area contributed by atoms with Crippen molar-refractivity contribution in [3.63, 3.8) is 0 Å². The highest BCUT2D eigenvalue weighted by Gasteiger charge is 2.12. The summed E-state index contributed by atoms with van der Waals surface area (Å²) in [4.78, 5) is 7.55. The first-order valence-electron chi connectivity index (χ1n) is 5.10. The fraction of sp³-hybridized carbons (Fsp3) is 0.700. The van der Waals surface area contributed by atoms with Gasteiger partial charge in [0.1, 0.15) is 0 Å². The smallest absolute Gasteiger partial charge is 0.230 e. The van der Waals surface area contributed by atoms with Crippen LogP contribution in [0.2, 0.25) is 0 Å². The van der Waals surface area contributed by atoms with Gasteiger partial charge in [-0.3, -0.25) is 0 Å². The van der Waals surface area contributed by atoms with E-state index >= 15 is 0 Å². The zero-order chi connectivity index (χ0) is 11.3. The molecule has 0 saturated heterocycles. The summed E-state index contributed by atoms with van der Waals surface area (Å²) in [5.74, 6) is 0.743. The molecule has 0 radical (unpaired) electrons. The summed E-state index contributed by atoms with van der Waals surface area (Å²) in [7, 11) is 5.64. The van der Waals surface area contributed by atoms with E-state index in [9.17, 15) is 0 Å². The van der Waals surface area contributed by atoms with Crippen LogP contribution in [0.25, 0.3) is 0 Å². The molecule has 0 amide bonds. The lowest BCUT2D eigenvalue weighted by atomic mass is 10.4. The SMILES string of the molecule is CCCNCc1sc(N(C)C)nc1OC. The standard InChI is InChI=1S/C10H19N3OS/c1-5-6-11-7-8-9(14-4)12-10(15-8)13(2)3/h11H,5-7H2,1-4H3. The molecule has 0 aliphatic heterocycles. The van der Waals surface area contributed by atoms with Crippen LogP contribution in [0.1, 0.15) is 18.2 Å².